The molecule has 0 saturated carbocycles. The van der Waals surface area contributed by atoms with Crippen LogP contribution in [-0.2, 0) is 11.2 Å². The van der Waals surface area contributed by atoms with E-state index < -0.39 is 6.03 Å². The number of urea groups is 1. The highest BCUT2D eigenvalue weighted by Crippen LogP contribution is 2.12. The third kappa shape index (κ3) is 6.76. The molecule has 0 aliphatic carbocycles. The lowest BCUT2D eigenvalue weighted by molar-refractivity contribution is -0.125. The summed E-state index contributed by atoms with van der Waals surface area (Å²) in [5, 5.41) is 7.31. The maximum atomic E-state index is 12.3. The van der Waals surface area contributed by atoms with E-state index in [1.807, 2.05) is 27.7 Å². The lowest BCUT2D eigenvalue weighted by atomic mass is 10.1. The van der Waals surface area contributed by atoms with Gasteiger partial charge < -0.3 is 10.2 Å². The van der Waals surface area contributed by atoms with Gasteiger partial charge >= 0.3 is 6.03 Å². The molecule has 6 nitrogen and oxygen atoms in total. The zero-order valence-electron chi connectivity index (χ0n) is 15.7. The molecular formula is C18H30N4O2S. The number of thiophene rings is 1. The topological polar surface area (TPSA) is 64.7 Å². The van der Waals surface area contributed by atoms with Gasteiger partial charge in [0.2, 0.25) is 5.91 Å². The summed E-state index contributed by atoms with van der Waals surface area (Å²) in [5.41, 5.74) is -0.359. The van der Waals surface area contributed by atoms with E-state index in [9.17, 15) is 9.59 Å². The molecule has 3 amide bonds. The van der Waals surface area contributed by atoms with E-state index in [2.05, 4.69) is 37.9 Å². The van der Waals surface area contributed by atoms with Crippen LogP contribution in [0.5, 0.6) is 0 Å². The van der Waals surface area contributed by atoms with Gasteiger partial charge in [0.15, 0.2) is 0 Å². The van der Waals surface area contributed by atoms with E-state index in [-0.39, 0.29) is 17.5 Å². The second kappa shape index (κ2) is 8.78. The molecule has 2 heterocycles. The summed E-state index contributed by atoms with van der Waals surface area (Å²) < 4.78 is 0. The number of carbonyl (C=O) groups is 2. The van der Waals surface area contributed by atoms with Crippen molar-refractivity contribution < 1.29 is 9.59 Å². The number of nitrogens with zero attached hydrogens (tertiary/aromatic N) is 2. The minimum Gasteiger partial charge on any atom is -0.333 e. The second-order valence-corrected chi connectivity index (χ2v) is 8.61. The monoisotopic (exact) mass is 366 g/mol. The molecule has 0 bridgehead atoms. The maximum Gasteiger partial charge on any atom is 0.321 e. The molecule has 1 unspecified atom stereocenters. The Balaban J connectivity index is 1.71. The number of piperazine rings is 1. The number of carbonyl (C=O) groups excluding carboxylic acids is 2. The summed E-state index contributed by atoms with van der Waals surface area (Å²) in [7, 11) is 0. The van der Waals surface area contributed by atoms with E-state index in [1.165, 1.54) is 4.88 Å². The Kier molecular flexibility index (Phi) is 6.98. The first-order valence-corrected chi connectivity index (χ1v) is 9.74. The van der Waals surface area contributed by atoms with E-state index in [4.69, 9.17) is 0 Å². The predicted molar refractivity (Wildman–Crippen MR) is 102 cm³/mol. The Labute approximate surface area is 154 Å². The summed E-state index contributed by atoms with van der Waals surface area (Å²) in [4.78, 5) is 30.1. The van der Waals surface area contributed by atoms with Crippen molar-refractivity contribution in [3.63, 3.8) is 0 Å². The molecule has 140 valence electrons. The van der Waals surface area contributed by atoms with Crippen LogP contribution in [0.1, 0.15) is 32.6 Å². The summed E-state index contributed by atoms with van der Waals surface area (Å²) >= 11 is 1.80. The first-order chi connectivity index (χ1) is 11.7. The van der Waals surface area contributed by atoms with Crippen LogP contribution < -0.4 is 10.6 Å². The van der Waals surface area contributed by atoms with E-state index in [0.29, 0.717) is 0 Å². The van der Waals surface area contributed by atoms with Crippen LogP contribution >= 0.6 is 11.3 Å². The Hall–Kier alpha value is -1.44. The summed E-state index contributed by atoms with van der Waals surface area (Å²) in [6.07, 6.45) is 1.08. The number of imide groups is 1. The van der Waals surface area contributed by atoms with Gasteiger partial charge in [-0.2, -0.15) is 0 Å². The van der Waals surface area contributed by atoms with Crippen molar-refractivity contribution in [2.45, 2.75) is 45.7 Å². The first-order valence-electron chi connectivity index (χ1n) is 8.86. The quantitative estimate of drug-likeness (QED) is 0.836. The predicted octanol–water partition coefficient (Wildman–Crippen LogP) is 1.92. The zero-order valence-corrected chi connectivity index (χ0v) is 16.5. The van der Waals surface area contributed by atoms with Gasteiger partial charge in [-0.25, -0.2) is 4.79 Å². The number of nitrogens with one attached hydrogen (secondary N) is 2. The number of rotatable bonds is 5. The molecule has 1 aliphatic rings. The Morgan fingerprint density at radius 3 is 2.48 bits per heavy atom. The number of hydrogen-bond donors (Lipinski definition) is 2. The van der Waals surface area contributed by atoms with Crippen LogP contribution in [0.3, 0.4) is 0 Å². The lowest BCUT2D eigenvalue weighted by Crippen LogP contribution is -2.56. The van der Waals surface area contributed by atoms with Crippen molar-refractivity contribution in [2.24, 2.45) is 0 Å². The fourth-order valence-corrected chi connectivity index (χ4v) is 3.55. The van der Waals surface area contributed by atoms with Gasteiger partial charge in [-0.05, 0) is 45.6 Å². The average molecular weight is 367 g/mol. The molecule has 1 saturated heterocycles. The van der Waals surface area contributed by atoms with Crippen molar-refractivity contribution in [1.82, 2.24) is 20.4 Å². The average Bonchev–Trinajstić information content (AvgIpc) is 3.04. The van der Waals surface area contributed by atoms with Gasteiger partial charge in [-0.3, -0.25) is 15.0 Å². The minimum atomic E-state index is -0.432. The molecule has 1 aliphatic heterocycles. The fourth-order valence-electron chi connectivity index (χ4n) is 2.85. The standard InChI is InChI=1S/C18H30N4O2S/c1-14(16(23)19-17(24)20-18(2,3)4)22-11-9-21(10-12-22)8-7-15-6-5-13-25-15/h5-6,13-14H,7-12H2,1-4H3,(H2,19,20,23,24). The zero-order chi connectivity index (χ0) is 18.4. The van der Waals surface area contributed by atoms with Crippen molar-refractivity contribution in [1.29, 1.82) is 0 Å². The van der Waals surface area contributed by atoms with Gasteiger partial charge in [0.1, 0.15) is 0 Å². The molecular weight excluding hydrogens is 336 g/mol. The highest BCUT2D eigenvalue weighted by atomic mass is 32.1. The summed E-state index contributed by atoms with van der Waals surface area (Å²) in [5.74, 6) is -0.242. The Morgan fingerprint density at radius 2 is 1.92 bits per heavy atom. The van der Waals surface area contributed by atoms with Crippen LogP contribution in [0, 0.1) is 0 Å². The van der Waals surface area contributed by atoms with Crippen molar-refractivity contribution in [3.05, 3.63) is 22.4 Å². The SMILES string of the molecule is CC(C(=O)NC(=O)NC(C)(C)C)N1CCN(CCc2cccs2)CC1. The molecule has 25 heavy (non-hydrogen) atoms. The van der Waals surface area contributed by atoms with Gasteiger partial charge in [-0.1, -0.05) is 6.07 Å². The lowest BCUT2D eigenvalue weighted by Gasteiger charge is -2.37. The molecule has 0 aromatic carbocycles. The first kappa shape index (κ1) is 19.9. The molecule has 1 aromatic heterocycles. The number of amides is 3. The van der Waals surface area contributed by atoms with Gasteiger partial charge in [0, 0.05) is 43.1 Å². The Morgan fingerprint density at radius 1 is 1.24 bits per heavy atom. The third-order valence-electron chi connectivity index (χ3n) is 4.31. The maximum absolute atomic E-state index is 12.3. The summed E-state index contributed by atoms with van der Waals surface area (Å²) in [6.45, 7) is 12.2. The van der Waals surface area contributed by atoms with E-state index in [0.717, 1.165) is 39.1 Å². The van der Waals surface area contributed by atoms with Gasteiger partial charge in [0.25, 0.3) is 0 Å². The molecule has 1 atom stereocenters. The van der Waals surface area contributed by atoms with Crippen molar-refractivity contribution >= 4 is 23.3 Å². The molecule has 1 fully saturated rings. The van der Waals surface area contributed by atoms with Crippen LogP contribution in [0.4, 0.5) is 4.79 Å². The van der Waals surface area contributed by atoms with E-state index >= 15 is 0 Å². The van der Waals surface area contributed by atoms with E-state index in [1.54, 1.807) is 11.3 Å². The van der Waals surface area contributed by atoms with Crippen molar-refractivity contribution in [2.75, 3.05) is 32.7 Å². The molecule has 0 spiro atoms. The molecule has 0 radical (unpaired) electrons. The largest absolute Gasteiger partial charge is 0.333 e. The minimum absolute atomic E-state index is 0.242. The highest BCUT2D eigenvalue weighted by molar-refractivity contribution is 7.09. The van der Waals surface area contributed by atoms with Gasteiger partial charge in [-0.15, -0.1) is 11.3 Å². The molecule has 7 heteroatoms. The molecule has 2 rings (SSSR count). The van der Waals surface area contributed by atoms with Crippen molar-refractivity contribution in [3.8, 4) is 0 Å². The van der Waals surface area contributed by atoms with Crippen LogP contribution in [0.25, 0.3) is 0 Å². The smallest absolute Gasteiger partial charge is 0.321 e. The fraction of sp³-hybridized carbons (Fsp3) is 0.667. The van der Waals surface area contributed by atoms with Crippen LogP contribution in [0.2, 0.25) is 0 Å². The number of hydrogen-bond acceptors (Lipinski definition) is 5. The van der Waals surface area contributed by atoms with Crippen LogP contribution in [0.15, 0.2) is 17.5 Å². The third-order valence-corrected chi connectivity index (χ3v) is 5.25. The normalized spacial score (nSPS) is 17.9. The molecule has 1 aromatic rings. The Bertz CT molecular complexity index is 560. The second-order valence-electron chi connectivity index (χ2n) is 7.58. The highest BCUT2D eigenvalue weighted by Gasteiger charge is 2.27. The summed E-state index contributed by atoms with van der Waals surface area (Å²) in [6, 6.07) is 3.54. The van der Waals surface area contributed by atoms with Gasteiger partial charge in [0.05, 0.1) is 6.04 Å². The van der Waals surface area contributed by atoms with Crippen LogP contribution in [-0.4, -0.2) is 66.0 Å². The molecule has 2 N–H and O–H groups in total.